The number of aliphatic imine (C=N–C) groups is 1. The van der Waals surface area contributed by atoms with Crippen LogP contribution in [0.4, 0.5) is 19.7 Å². The van der Waals surface area contributed by atoms with Crippen LogP contribution in [-0.2, 0) is 5.54 Å². The Morgan fingerprint density at radius 1 is 1.33 bits per heavy atom. The molecule has 9 heteroatoms. The molecule has 1 aliphatic heterocycles. The van der Waals surface area contributed by atoms with E-state index in [9.17, 15) is 14.0 Å². The molecule has 128 valence electrons. The molecule has 0 radical (unpaired) electrons. The molecule has 1 fully saturated rings. The highest BCUT2D eigenvalue weighted by atomic mass is 32.2. The average molecular weight is 353 g/mol. The number of fused-ring (bicyclic) bond motifs is 1. The lowest BCUT2D eigenvalue weighted by atomic mass is 9.81. The number of amides is 2. The van der Waals surface area contributed by atoms with Crippen molar-refractivity contribution in [2.75, 3.05) is 11.5 Å². The van der Waals surface area contributed by atoms with E-state index < -0.39 is 23.5 Å². The number of carboxylic acid groups (broad SMARTS) is 2. The Morgan fingerprint density at radius 2 is 2.04 bits per heavy atom. The van der Waals surface area contributed by atoms with Crippen molar-refractivity contribution >= 4 is 34.8 Å². The highest BCUT2D eigenvalue weighted by Crippen LogP contribution is 2.51. The Balaban J connectivity index is 2.13. The predicted molar refractivity (Wildman–Crippen MR) is 87.6 cm³/mol. The number of anilines is 1. The average Bonchev–Trinajstić information content (AvgIpc) is 2.89. The SMILES string of the molecule is Nc1cc(F)cc(C23CCCC2CSC(N(C(=O)O)C(=O)O)=N3)c1. The summed E-state index contributed by atoms with van der Waals surface area (Å²) in [6, 6.07) is 4.18. The van der Waals surface area contributed by atoms with Gasteiger partial charge in [0.05, 0.1) is 5.54 Å². The Hall–Kier alpha value is -2.29. The van der Waals surface area contributed by atoms with Gasteiger partial charge in [-0.05, 0) is 42.5 Å². The number of carbonyl (C=O) groups is 2. The molecule has 24 heavy (non-hydrogen) atoms. The van der Waals surface area contributed by atoms with E-state index in [2.05, 4.69) is 4.99 Å². The molecule has 0 spiro atoms. The molecular weight excluding hydrogens is 337 g/mol. The molecule has 1 aromatic rings. The quantitative estimate of drug-likeness (QED) is 0.668. The van der Waals surface area contributed by atoms with Crippen LogP contribution in [0.15, 0.2) is 23.2 Å². The maximum atomic E-state index is 13.8. The molecule has 2 unspecified atom stereocenters. The molecule has 7 nitrogen and oxygen atoms in total. The number of nitrogens with two attached hydrogens (primary N) is 1. The third-order valence-corrected chi connectivity index (χ3v) is 5.59. The van der Waals surface area contributed by atoms with Crippen LogP contribution >= 0.6 is 11.8 Å². The molecule has 1 heterocycles. The Morgan fingerprint density at radius 3 is 2.67 bits per heavy atom. The van der Waals surface area contributed by atoms with E-state index in [0.717, 1.165) is 24.6 Å². The zero-order valence-electron chi connectivity index (χ0n) is 12.6. The number of hydrogen-bond donors (Lipinski definition) is 3. The summed E-state index contributed by atoms with van der Waals surface area (Å²) in [5, 5.41) is 18.2. The fourth-order valence-electron chi connectivity index (χ4n) is 3.47. The molecule has 0 aromatic heterocycles. The molecule has 1 aliphatic carbocycles. The molecule has 2 atom stereocenters. The molecule has 2 amide bonds. The van der Waals surface area contributed by atoms with Crippen molar-refractivity contribution < 1.29 is 24.2 Å². The maximum absolute atomic E-state index is 13.8. The van der Waals surface area contributed by atoms with Gasteiger partial charge in [0.1, 0.15) is 5.82 Å². The summed E-state index contributed by atoms with van der Waals surface area (Å²) in [6.45, 7) is 0. The second-order valence-electron chi connectivity index (χ2n) is 5.89. The summed E-state index contributed by atoms with van der Waals surface area (Å²) in [4.78, 5) is 27.2. The number of rotatable bonds is 1. The molecule has 0 bridgehead atoms. The minimum absolute atomic E-state index is 0.0805. The van der Waals surface area contributed by atoms with Crippen LogP contribution in [0.2, 0.25) is 0 Å². The first-order valence-electron chi connectivity index (χ1n) is 7.38. The number of halogens is 1. The van der Waals surface area contributed by atoms with E-state index in [0.29, 0.717) is 17.7 Å². The van der Waals surface area contributed by atoms with Crippen molar-refractivity contribution in [3.8, 4) is 0 Å². The summed E-state index contributed by atoms with van der Waals surface area (Å²) in [5.74, 6) is 0.108. The number of nitrogens with zero attached hydrogens (tertiary/aromatic N) is 2. The van der Waals surface area contributed by atoms with E-state index in [4.69, 9.17) is 15.9 Å². The molecule has 1 aromatic carbocycles. The molecule has 2 aliphatic rings. The van der Waals surface area contributed by atoms with Crippen LogP contribution in [0.3, 0.4) is 0 Å². The van der Waals surface area contributed by atoms with E-state index in [-0.39, 0.29) is 21.7 Å². The van der Waals surface area contributed by atoms with Gasteiger partial charge in [0.25, 0.3) is 0 Å². The third kappa shape index (κ3) is 2.68. The first-order valence-corrected chi connectivity index (χ1v) is 8.37. The Labute approximate surface area is 141 Å². The van der Waals surface area contributed by atoms with E-state index >= 15 is 0 Å². The monoisotopic (exact) mass is 353 g/mol. The van der Waals surface area contributed by atoms with Crippen LogP contribution in [0, 0.1) is 11.7 Å². The lowest BCUT2D eigenvalue weighted by Crippen LogP contribution is -2.44. The predicted octanol–water partition coefficient (Wildman–Crippen LogP) is 3.16. The Kier molecular flexibility index (Phi) is 4.12. The molecular formula is C15H16FN3O4S. The van der Waals surface area contributed by atoms with Crippen LogP contribution < -0.4 is 5.73 Å². The van der Waals surface area contributed by atoms with Crippen molar-refractivity contribution in [3.63, 3.8) is 0 Å². The minimum atomic E-state index is -1.61. The summed E-state index contributed by atoms with van der Waals surface area (Å²) >= 11 is 1.10. The zero-order valence-corrected chi connectivity index (χ0v) is 13.4. The molecule has 3 rings (SSSR count). The van der Waals surface area contributed by atoms with Gasteiger partial charge in [0.2, 0.25) is 0 Å². The van der Waals surface area contributed by atoms with Crippen LogP contribution in [-0.4, -0.2) is 38.2 Å². The van der Waals surface area contributed by atoms with Crippen molar-refractivity contribution in [3.05, 3.63) is 29.6 Å². The number of thioether (sulfide) groups is 1. The summed E-state index contributed by atoms with van der Waals surface area (Å²) in [6.07, 6.45) is -0.922. The maximum Gasteiger partial charge on any atom is 0.423 e. The first kappa shape index (κ1) is 16.6. The van der Waals surface area contributed by atoms with Crippen LogP contribution in [0.1, 0.15) is 24.8 Å². The second-order valence-corrected chi connectivity index (χ2v) is 6.88. The number of hydrogen-bond acceptors (Lipinski definition) is 5. The van der Waals surface area contributed by atoms with Crippen LogP contribution in [0.5, 0.6) is 0 Å². The topological polar surface area (TPSA) is 116 Å². The standard InChI is InChI=1S/C15H16FN3O4S/c16-10-4-9(5-11(17)6-10)15-3-1-2-8(15)7-24-12(18-15)19(13(20)21)14(22)23/h4-6,8H,1-3,7,17H2,(H,20,21)(H,22,23). The summed E-state index contributed by atoms with van der Waals surface area (Å²) in [7, 11) is 0. The normalized spacial score (nSPS) is 25.7. The second kappa shape index (κ2) is 5.97. The number of nitrogen functional groups attached to an aromatic ring is 1. The van der Waals surface area contributed by atoms with Crippen molar-refractivity contribution in [2.45, 2.75) is 24.8 Å². The van der Waals surface area contributed by atoms with Gasteiger partial charge in [0.15, 0.2) is 5.17 Å². The Bertz CT molecular complexity index is 707. The van der Waals surface area contributed by atoms with Gasteiger partial charge in [-0.3, -0.25) is 0 Å². The lowest BCUT2D eigenvalue weighted by molar-refractivity contribution is 0.145. The fourth-order valence-corrected chi connectivity index (χ4v) is 4.78. The van der Waals surface area contributed by atoms with Gasteiger partial charge < -0.3 is 15.9 Å². The van der Waals surface area contributed by atoms with E-state index in [1.54, 1.807) is 6.07 Å². The van der Waals surface area contributed by atoms with E-state index in [1.165, 1.54) is 12.1 Å². The largest absolute Gasteiger partial charge is 0.464 e. The summed E-state index contributed by atoms with van der Waals surface area (Å²) < 4.78 is 13.8. The zero-order chi connectivity index (χ0) is 17.5. The number of benzene rings is 1. The van der Waals surface area contributed by atoms with Gasteiger partial charge in [-0.2, -0.15) is 4.90 Å². The minimum Gasteiger partial charge on any atom is -0.464 e. The van der Waals surface area contributed by atoms with Crippen molar-refractivity contribution in [1.29, 1.82) is 0 Å². The van der Waals surface area contributed by atoms with Crippen molar-refractivity contribution in [2.24, 2.45) is 10.9 Å². The summed E-state index contributed by atoms with van der Waals surface area (Å²) in [5.41, 5.74) is 5.73. The van der Waals surface area contributed by atoms with Gasteiger partial charge in [-0.15, -0.1) is 0 Å². The highest BCUT2D eigenvalue weighted by Gasteiger charge is 2.48. The molecule has 4 N–H and O–H groups in total. The smallest absolute Gasteiger partial charge is 0.423 e. The lowest BCUT2D eigenvalue weighted by Gasteiger charge is -2.37. The van der Waals surface area contributed by atoms with Gasteiger partial charge in [-0.25, -0.2) is 19.0 Å². The van der Waals surface area contributed by atoms with E-state index in [1.807, 2.05) is 0 Å². The van der Waals surface area contributed by atoms with Gasteiger partial charge in [-0.1, -0.05) is 18.2 Å². The fraction of sp³-hybridized carbons (Fsp3) is 0.400. The first-order chi connectivity index (χ1) is 11.3. The molecule has 1 saturated carbocycles. The number of amidine groups is 1. The highest BCUT2D eigenvalue weighted by molar-refractivity contribution is 8.13. The van der Waals surface area contributed by atoms with Crippen molar-refractivity contribution in [1.82, 2.24) is 4.90 Å². The van der Waals surface area contributed by atoms with Gasteiger partial charge >= 0.3 is 12.2 Å². The number of imide groups is 1. The third-order valence-electron chi connectivity index (χ3n) is 4.49. The molecule has 0 saturated heterocycles. The van der Waals surface area contributed by atoms with Gasteiger partial charge in [0, 0.05) is 11.4 Å². The van der Waals surface area contributed by atoms with Crippen LogP contribution in [0.25, 0.3) is 0 Å².